The predicted molar refractivity (Wildman–Crippen MR) is 233 cm³/mol. The van der Waals surface area contributed by atoms with Crippen molar-refractivity contribution in [2.45, 2.75) is 62.6 Å². The summed E-state index contributed by atoms with van der Waals surface area (Å²) in [5.41, 5.74) is 4.45. The Morgan fingerprint density at radius 1 is 0.954 bits per heavy atom. The molecule has 65 heavy (non-hydrogen) atoms. The summed E-state index contributed by atoms with van der Waals surface area (Å²) in [7, 11) is 0. The number of alkyl halides is 2. The molecule has 4 aliphatic heterocycles. The predicted octanol–water partition coefficient (Wildman–Crippen LogP) is 5.02. The molecule has 4 amide bonds. The molecule has 0 aliphatic carbocycles. The van der Waals surface area contributed by atoms with Crippen molar-refractivity contribution in [1.82, 2.24) is 44.4 Å². The highest BCUT2D eigenvalue weighted by atomic mass is 32.1. The second-order valence-corrected chi connectivity index (χ2v) is 17.7. The first kappa shape index (κ1) is 42.3. The first-order valence-corrected chi connectivity index (χ1v) is 22.5. The second kappa shape index (κ2) is 17.4. The lowest BCUT2D eigenvalue weighted by molar-refractivity contribution is -0.139. The molecule has 0 bridgehead atoms. The van der Waals surface area contributed by atoms with E-state index in [2.05, 4.69) is 30.5 Å². The molecule has 336 valence electrons. The number of fused-ring (bicyclic) bond motifs is 2. The van der Waals surface area contributed by atoms with Crippen LogP contribution in [0.25, 0.3) is 22.0 Å². The van der Waals surface area contributed by atoms with Crippen molar-refractivity contribution in [3.63, 3.8) is 0 Å². The number of nitrogens with one attached hydrogen (secondary N) is 2. The highest BCUT2D eigenvalue weighted by Crippen LogP contribution is 2.40. The average Bonchev–Trinajstić information content (AvgIpc) is 4.13. The maximum Gasteiger partial charge on any atom is 0.268 e. The Bertz CT molecular complexity index is 2760. The van der Waals surface area contributed by atoms with Crippen LogP contribution >= 0.6 is 11.3 Å². The summed E-state index contributed by atoms with van der Waals surface area (Å²) >= 11 is 1.30. The fourth-order valence-corrected chi connectivity index (χ4v) is 9.79. The fraction of sp³-hybridized carbons (Fsp3) is 0.378. The highest BCUT2D eigenvalue weighted by Gasteiger charge is 2.46. The molecule has 0 radical (unpaired) electrons. The molecular formula is C45H44F3N11O5S. The summed E-state index contributed by atoms with van der Waals surface area (Å²) in [6.07, 6.45) is 7.55. The number of imide groups is 1. The summed E-state index contributed by atoms with van der Waals surface area (Å²) in [5.74, 6) is -5.99. The molecule has 3 atom stereocenters. The number of rotatable bonds is 11. The number of imidazole rings is 1. The SMILES string of the molecule is O=C1CCC(Oc2ccc(C3CCN(CC(=O)N4CCN(c5ccc(-c6cc(F)c7cn(C(C(=O)Nc8nccs8)c8ncn9c8CCC9)nc7c6)cc5)CC4)CC3(F)F)nc2)C(=O)N1. The van der Waals surface area contributed by atoms with Crippen LogP contribution in [-0.4, -0.2) is 121 Å². The number of likely N-dealkylation sites (tertiary alicyclic amines) is 1. The number of pyridine rings is 1. The zero-order valence-corrected chi connectivity index (χ0v) is 35.9. The number of carbonyl (C=O) groups excluding carboxylic acids is 4. The fourth-order valence-electron chi connectivity index (χ4n) is 9.26. The molecule has 4 aromatic heterocycles. The van der Waals surface area contributed by atoms with Crippen LogP contribution in [0.1, 0.15) is 54.7 Å². The Labute approximate surface area is 374 Å². The van der Waals surface area contributed by atoms with E-state index < -0.39 is 42.3 Å². The van der Waals surface area contributed by atoms with Crippen LogP contribution in [0.15, 0.2) is 78.8 Å². The number of halogens is 3. The Hall–Kier alpha value is -6.67. The molecule has 0 spiro atoms. The van der Waals surface area contributed by atoms with Gasteiger partial charge in [0, 0.05) is 80.4 Å². The van der Waals surface area contributed by atoms with E-state index >= 15 is 13.2 Å². The topological polar surface area (TPSA) is 173 Å². The number of thiazole rings is 1. The number of carbonyl (C=O) groups is 4. The van der Waals surface area contributed by atoms with E-state index in [1.165, 1.54) is 45.3 Å². The van der Waals surface area contributed by atoms with Gasteiger partial charge in [0.1, 0.15) is 11.6 Å². The first-order valence-electron chi connectivity index (χ1n) is 21.6. The molecule has 3 saturated heterocycles. The Balaban J connectivity index is 0.743. The normalized spacial score (nSPS) is 20.4. The van der Waals surface area contributed by atoms with E-state index in [1.807, 2.05) is 28.8 Å². The van der Waals surface area contributed by atoms with Crippen LogP contribution in [0.4, 0.5) is 24.0 Å². The van der Waals surface area contributed by atoms with Crippen molar-refractivity contribution in [3.05, 3.63) is 102 Å². The number of aromatic nitrogens is 6. The summed E-state index contributed by atoms with van der Waals surface area (Å²) in [6, 6.07) is 13.0. The molecule has 16 nitrogen and oxygen atoms in total. The van der Waals surface area contributed by atoms with Gasteiger partial charge in [-0.25, -0.2) is 23.1 Å². The average molecular weight is 908 g/mol. The van der Waals surface area contributed by atoms with Gasteiger partial charge in [0.2, 0.25) is 11.8 Å². The van der Waals surface area contributed by atoms with Gasteiger partial charge in [-0.2, -0.15) is 5.10 Å². The molecule has 20 heteroatoms. The minimum Gasteiger partial charge on any atom is -0.479 e. The van der Waals surface area contributed by atoms with Crippen molar-refractivity contribution in [2.24, 2.45) is 0 Å². The third-order valence-electron chi connectivity index (χ3n) is 12.6. The minimum atomic E-state index is -3.13. The van der Waals surface area contributed by atoms with Gasteiger partial charge in [-0.1, -0.05) is 12.1 Å². The number of piperidine rings is 2. The third kappa shape index (κ3) is 8.66. The zero-order valence-electron chi connectivity index (χ0n) is 35.0. The highest BCUT2D eigenvalue weighted by molar-refractivity contribution is 7.13. The van der Waals surface area contributed by atoms with E-state index in [9.17, 15) is 19.2 Å². The standard InChI is InChI=1S/C45H44F3N11O5S/c46-33-20-28(21-35-31(33)23-59(54-35)41(43(63)53-44-49-12-19-65-44)40-36-2-1-13-58(36)26-51-40)27-3-5-29(6-4-27)56-15-17-57(18-16-56)39(61)24-55-14-11-32(45(47,48)25-55)34-8-7-30(22-50-34)64-37-9-10-38(60)52-42(37)62/h3-8,12,19-23,26,32,37,41H,1-2,9-11,13-18,24-25H2,(H,49,53,63)(H,52,60,62). The van der Waals surface area contributed by atoms with Crippen molar-refractivity contribution in [3.8, 4) is 16.9 Å². The molecule has 3 unspecified atom stereocenters. The third-order valence-corrected chi connectivity index (χ3v) is 13.3. The number of nitrogens with zero attached hydrogens (tertiary/aromatic N) is 9. The van der Waals surface area contributed by atoms with Crippen LogP contribution < -0.4 is 20.3 Å². The number of benzene rings is 2. The number of anilines is 2. The van der Waals surface area contributed by atoms with Gasteiger partial charge < -0.3 is 19.1 Å². The lowest BCUT2D eigenvalue weighted by Gasteiger charge is -2.40. The summed E-state index contributed by atoms with van der Waals surface area (Å²) < 4.78 is 56.1. The molecular weight excluding hydrogens is 864 g/mol. The van der Waals surface area contributed by atoms with E-state index in [0.717, 1.165) is 36.3 Å². The maximum atomic E-state index is 15.8. The molecule has 2 N–H and O–H groups in total. The second-order valence-electron chi connectivity index (χ2n) is 16.8. The van der Waals surface area contributed by atoms with E-state index in [0.29, 0.717) is 54.6 Å². The number of piperazine rings is 1. The van der Waals surface area contributed by atoms with Gasteiger partial charge in [-0.15, -0.1) is 11.3 Å². The molecule has 6 aromatic rings. The van der Waals surface area contributed by atoms with Crippen molar-refractivity contribution >= 4 is 56.7 Å². The van der Waals surface area contributed by atoms with Gasteiger partial charge in [0.25, 0.3) is 17.7 Å². The summed E-state index contributed by atoms with van der Waals surface area (Å²) in [6.45, 7) is 2.38. The minimum absolute atomic E-state index is 0.107. The number of aryl methyl sites for hydroxylation is 1. The van der Waals surface area contributed by atoms with Crippen LogP contribution in [0.2, 0.25) is 0 Å². The van der Waals surface area contributed by atoms with Crippen LogP contribution in [-0.2, 0) is 32.1 Å². The van der Waals surface area contributed by atoms with Crippen molar-refractivity contribution in [1.29, 1.82) is 0 Å². The lowest BCUT2D eigenvalue weighted by atomic mass is 9.89. The molecule has 8 heterocycles. The molecule has 4 aliphatic rings. The lowest BCUT2D eigenvalue weighted by Crippen LogP contribution is -2.54. The number of amides is 4. The molecule has 10 rings (SSSR count). The molecule has 0 saturated carbocycles. The van der Waals surface area contributed by atoms with Crippen LogP contribution in [0, 0.1) is 5.82 Å². The zero-order chi connectivity index (χ0) is 44.8. The van der Waals surface area contributed by atoms with E-state index in [4.69, 9.17) is 9.84 Å². The summed E-state index contributed by atoms with van der Waals surface area (Å²) in [5, 5.41) is 12.3. The monoisotopic (exact) mass is 907 g/mol. The van der Waals surface area contributed by atoms with Crippen molar-refractivity contribution in [2.75, 3.05) is 56.0 Å². The number of hydrogen-bond donors (Lipinski definition) is 2. The Kier molecular flexibility index (Phi) is 11.3. The van der Waals surface area contributed by atoms with Crippen molar-refractivity contribution < 1.29 is 37.1 Å². The van der Waals surface area contributed by atoms with Gasteiger partial charge >= 0.3 is 0 Å². The maximum absolute atomic E-state index is 15.8. The smallest absolute Gasteiger partial charge is 0.268 e. The van der Waals surface area contributed by atoms with Gasteiger partial charge in [0.05, 0.1) is 48.1 Å². The van der Waals surface area contributed by atoms with E-state index in [1.54, 1.807) is 35.1 Å². The van der Waals surface area contributed by atoms with Crippen LogP contribution in [0.3, 0.4) is 0 Å². The van der Waals surface area contributed by atoms with Gasteiger partial charge in [-0.05, 0) is 73.3 Å². The van der Waals surface area contributed by atoms with E-state index in [-0.39, 0.29) is 60.4 Å². The Morgan fingerprint density at radius 2 is 1.78 bits per heavy atom. The number of hydrogen-bond acceptors (Lipinski definition) is 12. The number of ether oxygens (including phenoxy) is 1. The molecule has 3 fully saturated rings. The van der Waals surface area contributed by atoms with Crippen LogP contribution in [0.5, 0.6) is 5.75 Å². The quantitative estimate of drug-likeness (QED) is 0.167. The Morgan fingerprint density at radius 3 is 2.52 bits per heavy atom. The largest absolute Gasteiger partial charge is 0.479 e. The molecule has 2 aromatic carbocycles. The van der Waals surface area contributed by atoms with Gasteiger partial charge in [-0.3, -0.25) is 44.4 Å². The van der Waals surface area contributed by atoms with Gasteiger partial charge in [0.15, 0.2) is 17.3 Å². The first-order chi connectivity index (χ1) is 31.5. The summed E-state index contributed by atoms with van der Waals surface area (Å²) in [4.78, 5) is 69.0.